The second kappa shape index (κ2) is 5.43. The van der Waals surface area contributed by atoms with E-state index < -0.39 is 10.0 Å². The van der Waals surface area contributed by atoms with E-state index in [2.05, 4.69) is 25.8 Å². The van der Waals surface area contributed by atoms with Gasteiger partial charge >= 0.3 is 0 Å². The fourth-order valence-corrected chi connectivity index (χ4v) is 4.96. The van der Waals surface area contributed by atoms with Crippen molar-refractivity contribution >= 4 is 60.3 Å². The smallest absolute Gasteiger partial charge is 0.272 e. The lowest BCUT2D eigenvalue weighted by Gasteiger charge is -2.08. The average molecular weight is 395 g/mol. The van der Waals surface area contributed by atoms with Crippen LogP contribution in [-0.4, -0.2) is 23.2 Å². The molecule has 2 rings (SSSR count). The molecule has 20 heavy (non-hydrogen) atoms. The number of hydrogen-bond acceptors (Lipinski definition) is 5. The van der Waals surface area contributed by atoms with E-state index in [4.69, 9.17) is 18.0 Å². The predicted molar refractivity (Wildman–Crippen MR) is 86.7 cm³/mol. The van der Waals surface area contributed by atoms with Crippen molar-refractivity contribution in [1.29, 1.82) is 0 Å². The zero-order chi connectivity index (χ0) is 15.1. The van der Waals surface area contributed by atoms with E-state index in [0.717, 1.165) is 20.7 Å². The number of nitrogens with two attached hydrogens (primary N) is 1. The molecule has 0 aliphatic heterocycles. The Labute approximate surface area is 134 Å². The predicted octanol–water partition coefficient (Wildman–Crippen LogP) is 1.99. The topological polar surface area (TPSA) is 90.0 Å². The van der Waals surface area contributed by atoms with E-state index in [1.54, 1.807) is 13.1 Å². The molecule has 0 spiro atoms. The van der Waals surface area contributed by atoms with Crippen LogP contribution in [0.5, 0.6) is 0 Å². The maximum Gasteiger partial charge on any atom is 0.272 e. The van der Waals surface area contributed by atoms with Gasteiger partial charge in [0.2, 0.25) is 0 Å². The molecule has 3 N–H and O–H groups in total. The largest absolute Gasteiger partial charge is 0.389 e. The fourth-order valence-electron chi connectivity index (χ4n) is 1.48. The van der Waals surface area contributed by atoms with Crippen molar-refractivity contribution < 1.29 is 8.42 Å². The minimum Gasteiger partial charge on any atom is -0.389 e. The molecule has 0 atom stereocenters. The van der Waals surface area contributed by atoms with Crippen molar-refractivity contribution in [3.05, 3.63) is 27.2 Å². The van der Waals surface area contributed by atoms with Gasteiger partial charge in [0, 0.05) is 7.05 Å². The van der Waals surface area contributed by atoms with Gasteiger partial charge in [-0.15, -0.1) is 11.3 Å². The van der Waals surface area contributed by atoms with Crippen LogP contribution < -0.4 is 10.5 Å². The highest BCUT2D eigenvalue weighted by atomic mass is 79.9. The van der Waals surface area contributed by atoms with Crippen LogP contribution >= 0.6 is 39.5 Å². The molecule has 2 aromatic rings. The molecule has 0 bridgehead atoms. The summed E-state index contributed by atoms with van der Waals surface area (Å²) in [5.74, 6) is 0.250. The average Bonchev–Trinajstić information content (AvgIpc) is 2.85. The van der Waals surface area contributed by atoms with Gasteiger partial charge in [0.15, 0.2) is 0 Å². The number of aromatic nitrogens is 2. The molecule has 2 heterocycles. The molecular weight excluding hydrogens is 384 g/mol. The molecule has 0 amide bonds. The van der Waals surface area contributed by atoms with Gasteiger partial charge < -0.3 is 5.73 Å². The first-order valence-electron chi connectivity index (χ1n) is 5.33. The van der Waals surface area contributed by atoms with Crippen LogP contribution in [0.2, 0.25) is 0 Å². The summed E-state index contributed by atoms with van der Waals surface area (Å²) < 4.78 is 29.5. The van der Waals surface area contributed by atoms with Crippen molar-refractivity contribution in [2.45, 2.75) is 11.1 Å². The molecule has 10 heteroatoms. The second-order valence-corrected chi connectivity index (χ2v) is 8.74. The van der Waals surface area contributed by atoms with Gasteiger partial charge in [0.1, 0.15) is 15.0 Å². The molecule has 6 nitrogen and oxygen atoms in total. The normalized spacial score (nSPS) is 11.6. The van der Waals surface area contributed by atoms with Crippen LogP contribution in [0.4, 0.5) is 5.82 Å². The number of thiocarbonyl (C=S) groups is 1. The van der Waals surface area contributed by atoms with Gasteiger partial charge in [-0.3, -0.25) is 9.40 Å². The Morgan fingerprint density at radius 2 is 2.25 bits per heavy atom. The summed E-state index contributed by atoms with van der Waals surface area (Å²) in [5, 5.41) is 3.95. The van der Waals surface area contributed by atoms with E-state index in [1.807, 2.05) is 6.92 Å². The maximum atomic E-state index is 12.3. The number of aryl methyl sites for hydroxylation is 2. The van der Waals surface area contributed by atoms with Gasteiger partial charge in [-0.1, -0.05) is 12.2 Å². The van der Waals surface area contributed by atoms with Crippen LogP contribution in [0.25, 0.3) is 0 Å². The zero-order valence-electron chi connectivity index (χ0n) is 10.5. The molecule has 0 radical (unpaired) electrons. The molecule has 0 saturated heterocycles. The summed E-state index contributed by atoms with van der Waals surface area (Å²) in [6, 6.07) is 1.59. The fraction of sp³-hybridized carbons (Fsp3) is 0.200. The van der Waals surface area contributed by atoms with Crippen LogP contribution in [0.15, 0.2) is 20.3 Å². The van der Waals surface area contributed by atoms with Crippen LogP contribution in [0.3, 0.4) is 0 Å². The summed E-state index contributed by atoms with van der Waals surface area (Å²) >= 11 is 9.32. The minimum absolute atomic E-state index is 0.0827. The Morgan fingerprint density at radius 1 is 1.60 bits per heavy atom. The Balaban J connectivity index is 2.43. The highest BCUT2D eigenvalue weighted by Crippen LogP contribution is 2.31. The van der Waals surface area contributed by atoms with Gasteiger partial charge in [-0.05, 0) is 34.5 Å². The van der Waals surface area contributed by atoms with E-state index in [0.29, 0.717) is 5.56 Å². The highest BCUT2D eigenvalue weighted by Gasteiger charge is 2.22. The molecule has 0 unspecified atom stereocenters. The van der Waals surface area contributed by atoms with E-state index in [1.165, 1.54) is 10.9 Å². The van der Waals surface area contributed by atoms with Crippen molar-refractivity contribution in [2.24, 2.45) is 12.8 Å². The highest BCUT2D eigenvalue weighted by molar-refractivity contribution is 9.11. The summed E-state index contributed by atoms with van der Waals surface area (Å²) in [7, 11) is -2.09. The van der Waals surface area contributed by atoms with Crippen LogP contribution in [0.1, 0.15) is 11.1 Å². The number of anilines is 1. The summed E-state index contributed by atoms with van der Waals surface area (Å²) in [4.78, 5) is 0.0827. The molecule has 0 aliphatic rings. The number of thiophene rings is 1. The standard InChI is InChI=1S/C10H11BrN4O2S3/c1-5-3-7(19-8(5)11)20(16,17)14-10-6(9(12)18)4-13-15(10)2/h3-4,14H,1-2H3,(H2,12,18). The molecule has 0 aliphatic carbocycles. The van der Waals surface area contributed by atoms with E-state index in [-0.39, 0.29) is 15.0 Å². The number of sulfonamides is 1. The number of nitrogens with zero attached hydrogens (tertiary/aromatic N) is 2. The summed E-state index contributed by atoms with van der Waals surface area (Å²) in [6.45, 7) is 1.82. The maximum absolute atomic E-state index is 12.3. The van der Waals surface area contributed by atoms with E-state index >= 15 is 0 Å². The Bertz CT molecular complexity index is 759. The Morgan fingerprint density at radius 3 is 2.75 bits per heavy atom. The lowest BCUT2D eigenvalue weighted by molar-refractivity contribution is 0.602. The molecule has 0 aromatic carbocycles. The molecule has 0 fully saturated rings. The first-order valence-corrected chi connectivity index (χ1v) is 8.83. The third-order valence-corrected chi connectivity index (χ3v) is 6.70. The lowest BCUT2D eigenvalue weighted by Crippen LogP contribution is -2.18. The summed E-state index contributed by atoms with van der Waals surface area (Å²) in [6.07, 6.45) is 1.43. The second-order valence-electron chi connectivity index (χ2n) is 4.02. The molecule has 108 valence electrons. The van der Waals surface area contributed by atoms with Crippen molar-refractivity contribution in [1.82, 2.24) is 9.78 Å². The molecule has 0 saturated carbocycles. The quantitative estimate of drug-likeness (QED) is 0.773. The molecular formula is C10H11BrN4O2S3. The number of rotatable bonds is 4. The monoisotopic (exact) mass is 394 g/mol. The molecule has 2 aromatic heterocycles. The third-order valence-electron chi connectivity index (χ3n) is 2.53. The first-order chi connectivity index (χ1) is 9.22. The Kier molecular flexibility index (Phi) is 4.19. The SMILES string of the molecule is Cc1cc(S(=O)(=O)Nc2c(C(N)=S)cnn2C)sc1Br. The van der Waals surface area contributed by atoms with Gasteiger partial charge in [-0.25, -0.2) is 8.42 Å². The first kappa shape index (κ1) is 15.4. The summed E-state index contributed by atoms with van der Waals surface area (Å²) in [5.41, 5.74) is 6.80. The third kappa shape index (κ3) is 2.87. The lowest BCUT2D eigenvalue weighted by atomic mass is 10.3. The van der Waals surface area contributed by atoms with Crippen molar-refractivity contribution in [3.8, 4) is 0 Å². The van der Waals surface area contributed by atoms with Gasteiger partial charge in [-0.2, -0.15) is 5.10 Å². The Hall–Kier alpha value is -0.970. The van der Waals surface area contributed by atoms with Gasteiger partial charge in [0.05, 0.1) is 15.5 Å². The van der Waals surface area contributed by atoms with Crippen molar-refractivity contribution in [3.63, 3.8) is 0 Å². The van der Waals surface area contributed by atoms with E-state index in [9.17, 15) is 8.42 Å². The number of hydrogen-bond donors (Lipinski definition) is 2. The van der Waals surface area contributed by atoms with Crippen LogP contribution in [0, 0.1) is 6.92 Å². The minimum atomic E-state index is -3.70. The zero-order valence-corrected chi connectivity index (χ0v) is 14.6. The van der Waals surface area contributed by atoms with Crippen molar-refractivity contribution in [2.75, 3.05) is 4.72 Å². The van der Waals surface area contributed by atoms with Crippen LogP contribution in [-0.2, 0) is 17.1 Å². The number of nitrogens with one attached hydrogen (secondary N) is 1. The van der Waals surface area contributed by atoms with Gasteiger partial charge in [0.25, 0.3) is 10.0 Å². The number of halogens is 1.